The summed E-state index contributed by atoms with van der Waals surface area (Å²) >= 11 is 0. The molecule has 1 N–H and O–H groups in total. The van der Waals surface area contributed by atoms with Gasteiger partial charge in [-0.2, -0.15) is 0 Å². The van der Waals surface area contributed by atoms with Crippen molar-refractivity contribution in [2.24, 2.45) is 5.92 Å². The van der Waals surface area contributed by atoms with Crippen LogP contribution in [-0.4, -0.2) is 48.9 Å². The maximum Gasteiger partial charge on any atom is 0.258 e. The molecule has 0 aromatic heterocycles. The summed E-state index contributed by atoms with van der Waals surface area (Å²) in [6.07, 6.45) is 4.31. The number of rotatable bonds is 6. The molecule has 2 fully saturated rings. The van der Waals surface area contributed by atoms with E-state index in [0.717, 1.165) is 37.0 Å². The largest absolute Gasteiger partial charge is 0.497 e. The molecule has 0 unspecified atom stereocenters. The maximum atomic E-state index is 13.9. The van der Waals surface area contributed by atoms with Crippen LogP contribution >= 0.6 is 0 Å². The standard InChI is InChI=1S/C26H33NO5/c1-4-32-22-11-6-5-9-19(22)24-21-10-7-8-14-26(21,29)15-16-27(24)25(28)20-13-12-18(30-2)17-23(20)31-3/h5-6,9,11-13,17,21,24,29H,4,7-8,10,14-16H2,1-3H3/t21-,24+,26-/m1/s1. The van der Waals surface area contributed by atoms with Gasteiger partial charge in [-0.3, -0.25) is 4.79 Å². The fourth-order valence-corrected chi connectivity index (χ4v) is 5.44. The molecular formula is C26H33NO5. The zero-order chi connectivity index (χ0) is 22.7. The number of hydrogen-bond acceptors (Lipinski definition) is 5. The SMILES string of the molecule is CCOc1ccccc1[C@H]1[C@H]2CCCC[C@@]2(O)CCN1C(=O)c1ccc(OC)cc1OC. The minimum Gasteiger partial charge on any atom is -0.497 e. The summed E-state index contributed by atoms with van der Waals surface area (Å²) < 4.78 is 16.8. The van der Waals surface area contributed by atoms with Gasteiger partial charge in [0.2, 0.25) is 0 Å². The Bertz CT molecular complexity index is 961. The van der Waals surface area contributed by atoms with E-state index in [9.17, 15) is 9.90 Å². The third-order valence-corrected chi connectivity index (χ3v) is 7.01. The highest BCUT2D eigenvalue weighted by molar-refractivity contribution is 5.97. The Morgan fingerprint density at radius 1 is 1.09 bits per heavy atom. The number of methoxy groups -OCH3 is 2. The van der Waals surface area contributed by atoms with Crippen molar-refractivity contribution >= 4 is 5.91 Å². The lowest BCUT2D eigenvalue weighted by Gasteiger charge is -2.52. The highest BCUT2D eigenvalue weighted by Gasteiger charge is 2.51. The lowest BCUT2D eigenvalue weighted by Crippen LogP contribution is -2.56. The van der Waals surface area contributed by atoms with E-state index in [1.54, 1.807) is 32.4 Å². The van der Waals surface area contributed by atoms with E-state index in [-0.39, 0.29) is 17.9 Å². The van der Waals surface area contributed by atoms with E-state index in [1.165, 1.54) is 0 Å². The van der Waals surface area contributed by atoms with Crippen molar-refractivity contribution in [2.45, 2.75) is 50.7 Å². The molecule has 1 aliphatic carbocycles. The predicted molar refractivity (Wildman–Crippen MR) is 122 cm³/mol. The van der Waals surface area contributed by atoms with Gasteiger partial charge in [0, 0.05) is 24.1 Å². The average Bonchev–Trinajstić information content (AvgIpc) is 2.82. The number of benzene rings is 2. The number of amides is 1. The monoisotopic (exact) mass is 439 g/mol. The van der Waals surface area contributed by atoms with E-state index < -0.39 is 5.60 Å². The summed E-state index contributed by atoms with van der Waals surface area (Å²) in [6.45, 7) is 2.98. The lowest BCUT2D eigenvalue weighted by atomic mass is 9.66. The Labute approximate surface area is 190 Å². The number of nitrogens with zero attached hydrogens (tertiary/aromatic N) is 1. The molecule has 1 heterocycles. The number of fused-ring (bicyclic) bond motifs is 1. The van der Waals surface area contributed by atoms with Crippen LogP contribution in [0, 0.1) is 5.92 Å². The number of piperidine rings is 1. The van der Waals surface area contributed by atoms with Gasteiger partial charge in [-0.25, -0.2) is 0 Å². The van der Waals surface area contributed by atoms with E-state index in [4.69, 9.17) is 14.2 Å². The number of carbonyl (C=O) groups is 1. The molecule has 6 nitrogen and oxygen atoms in total. The molecule has 3 atom stereocenters. The molecule has 6 heteroatoms. The van der Waals surface area contributed by atoms with Crippen molar-refractivity contribution in [3.05, 3.63) is 53.6 Å². The van der Waals surface area contributed by atoms with Gasteiger partial charge in [0.15, 0.2) is 0 Å². The third-order valence-electron chi connectivity index (χ3n) is 7.01. The highest BCUT2D eigenvalue weighted by atomic mass is 16.5. The quantitative estimate of drug-likeness (QED) is 0.712. The average molecular weight is 440 g/mol. The molecule has 172 valence electrons. The number of para-hydroxylation sites is 1. The Hall–Kier alpha value is -2.73. The summed E-state index contributed by atoms with van der Waals surface area (Å²) in [5.41, 5.74) is 0.692. The van der Waals surface area contributed by atoms with Gasteiger partial charge in [0.25, 0.3) is 5.91 Å². The minimum absolute atomic E-state index is 0.0419. The van der Waals surface area contributed by atoms with Gasteiger partial charge in [-0.05, 0) is 44.4 Å². The van der Waals surface area contributed by atoms with Crippen LogP contribution in [0.5, 0.6) is 17.2 Å². The zero-order valence-electron chi connectivity index (χ0n) is 19.2. The van der Waals surface area contributed by atoms with Gasteiger partial charge >= 0.3 is 0 Å². The molecule has 32 heavy (non-hydrogen) atoms. The topological polar surface area (TPSA) is 68.2 Å². The first-order valence-electron chi connectivity index (χ1n) is 11.5. The van der Waals surface area contributed by atoms with E-state index in [0.29, 0.717) is 36.6 Å². The second-order valence-corrected chi connectivity index (χ2v) is 8.69. The number of likely N-dealkylation sites (tertiary alicyclic amines) is 1. The van der Waals surface area contributed by atoms with Gasteiger partial charge < -0.3 is 24.2 Å². The van der Waals surface area contributed by atoms with Crippen LogP contribution < -0.4 is 14.2 Å². The van der Waals surface area contributed by atoms with E-state index in [2.05, 4.69) is 0 Å². The van der Waals surface area contributed by atoms with Gasteiger partial charge in [0.05, 0.1) is 38.0 Å². The fourth-order valence-electron chi connectivity index (χ4n) is 5.44. The number of carbonyl (C=O) groups excluding carboxylic acids is 1. The molecule has 0 bridgehead atoms. The number of ether oxygens (including phenoxy) is 3. The second kappa shape index (κ2) is 9.41. The molecule has 0 spiro atoms. The summed E-state index contributed by atoms with van der Waals surface area (Å²) in [5, 5.41) is 11.6. The Morgan fingerprint density at radius 2 is 1.91 bits per heavy atom. The Kier molecular flexibility index (Phi) is 6.60. The van der Waals surface area contributed by atoms with Crippen molar-refractivity contribution in [3.8, 4) is 17.2 Å². The number of hydrogen-bond donors (Lipinski definition) is 1. The first kappa shape index (κ1) is 22.5. The van der Waals surface area contributed by atoms with E-state index >= 15 is 0 Å². The molecule has 2 aliphatic rings. The summed E-state index contributed by atoms with van der Waals surface area (Å²) in [7, 11) is 3.15. The zero-order valence-corrected chi connectivity index (χ0v) is 19.2. The van der Waals surface area contributed by atoms with Crippen molar-refractivity contribution < 1.29 is 24.1 Å². The molecule has 1 aliphatic heterocycles. The maximum absolute atomic E-state index is 13.9. The molecule has 1 saturated heterocycles. The first-order chi connectivity index (χ1) is 15.5. The van der Waals surface area contributed by atoms with Crippen LogP contribution in [0.3, 0.4) is 0 Å². The van der Waals surface area contributed by atoms with Crippen LogP contribution in [-0.2, 0) is 0 Å². The van der Waals surface area contributed by atoms with Gasteiger partial charge in [-0.15, -0.1) is 0 Å². The summed E-state index contributed by atoms with van der Waals surface area (Å²) in [4.78, 5) is 15.8. The summed E-state index contributed by atoms with van der Waals surface area (Å²) in [6, 6.07) is 12.9. The van der Waals surface area contributed by atoms with Crippen LogP contribution in [0.25, 0.3) is 0 Å². The smallest absolute Gasteiger partial charge is 0.258 e. The Balaban J connectivity index is 1.79. The normalized spacial score (nSPS) is 25.1. The van der Waals surface area contributed by atoms with Crippen LogP contribution in [0.2, 0.25) is 0 Å². The van der Waals surface area contributed by atoms with Crippen molar-refractivity contribution in [3.63, 3.8) is 0 Å². The van der Waals surface area contributed by atoms with E-state index in [1.807, 2.05) is 36.1 Å². The first-order valence-corrected chi connectivity index (χ1v) is 11.5. The third kappa shape index (κ3) is 4.04. The summed E-state index contributed by atoms with van der Waals surface area (Å²) in [5.74, 6) is 1.75. The molecule has 0 radical (unpaired) electrons. The molecule has 2 aromatic rings. The molecular weight excluding hydrogens is 406 g/mol. The lowest BCUT2D eigenvalue weighted by molar-refractivity contribution is -0.115. The fraction of sp³-hybridized carbons (Fsp3) is 0.500. The van der Waals surface area contributed by atoms with Crippen molar-refractivity contribution in [1.29, 1.82) is 0 Å². The van der Waals surface area contributed by atoms with Crippen LogP contribution in [0.1, 0.15) is 61.0 Å². The molecule has 4 rings (SSSR count). The Morgan fingerprint density at radius 3 is 2.66 bits per heavy atom. The van der Waals surface area contributed by atoms with Crippen LogP contribution in [0.4, 0.5) is 0 Å². The highest BCUT2D eigenvalue weighted by Crippen LogP contribution is 2.51. The molecule has 1 amide bonds. The van der Waals surface area contributed by atoms with Crippen molar-refractivity contribution in [2.75, 3.05) is 27.4 Å². The molecule has 1 saturated carbocycles. The number of aliphatic hydroxyl groups is 1. The molecule has 2 aromatic carbocycles. The van der Waals surface area contributed by atoms with Crippen LogP contribution in [0.15, 0.2) is 42.5 Å². The second-order valence-electron chi connectivity index (χ2n) is 8.69. The van der Waals surface area contributed by atoms with Crippen molar-refractivity contribution in [1.82, 2.24) is 4.90 Å². The van der Waals surface area contributed by atoms with Gasteiger partial charge in [-0.1, -0.05) is 31.0 Å². The van der Waals surface area contributed by atoms with Gasteiger partial charge in [0.1, 0.15) is 17.2 Å². The predicted octanol–water partition coefficient (Wildman–Crippen LogP) is 4.61. The minimum atomic E-state index is -0.761.